The number of nitrogens with zero attached hydrogens (tertiary/aromatic N) is 8. The minimum absolute atomic E-state index is 0.270. The highest BCUT2D eigenvalue weighted by atomic mass is 16.5. The Labute approximate surface area is 195 Å². The summed E-state index contributed by atoms with van der Waals surface area (Å²) < 4.78 is 8.89. The van der Waals surface area contributed by atoms with Crippen molar-refractivity contribution in [3.05, 3.63) is 42.1 Å². The van der Waals surface area contributed by atoms with Gasteiger partial charge in [-0.2, -0.15) is 10.2 Å². The molecule has 3 aromatic heterocycles. The van der Waals surface area contributed by atoms with Gasteiger partial charge in [0.1, 0.15) is 11.4 Å². The molecule has 34 heavy (non-hydrogen) atoms. The quantitative estimate of drug-likeness (QED) is 0.569. The topological polar surface area (TPSA) is 117 Å². The molecule has 0 spiro atoms. The first kappa shape index (κ1) is 20.8. The number of aliphatic imine (C=N–C) groups is 1. The van der Waals surface area contributed by atoms with Crippen molar-refractivity contribution in [3.63, 3.8) is 0 Å². The lowest BCUT2D eigenvalue weighted by Crippen LogP contribution is -2.45. The van der Waals surface area contributed by atoms with Crippen LogP contribution < -0.4 is 15.5 Å². The standard InChI is InChI=1S/C22H26N10O2/c1-34-22-19(14-31(28-22)15-4-2-5-15)27-21(33)17-6-10-30-20(26-17)16(12-25-30)18-13-29(11-8-23-18)32-9-3-7-24-32/h6,8,10,12-15,24H,2-5,7,9,11H2,1H3,(H,27,33). The van der Waals surface area contributed by atoms with E-state index in [1.807, 2.05) is 23.3 Å². The van der Waals surface area contributed by atoms with Gasteiger partial charge < -0.3 is 10.1 Å². The van der Waals surface area contributed by atoms with Gasteiger partial charge in [-0.05, 0) is 31.7 Å². The Morgan fingerprint density at radius 1 is 1.29 bits per heavy atom. The van der Waals surface area contributed by atoms with Crippen LogP contribution in [0, 0.1) is 0 Å². The number of hydrogen-bond acceptors (Lipinski definition) is 9. The lowest BCUT2D eigenvalue weighted by Gasteiger charge is -2.30. The molecule has 1 amide bonds. The van der Waals surface area contributed by atoms with Crippen LogP contribution in [0.25, 0.3) is 11.3 Å². The molecule has 0 unspecified atom stereocenters. The van der Waals surface area contributed by atoms with E-state index >= 15 is 0 Å². The first-order chi connectivity index (χ1) is 16.7. The summed E-state index contributed by atoms with van der Waals surface area (Å²) in [6.45, 7) is 2.58. The van der Waals surface area contributed by atoms with Crippen molar-refractivity contribution in [2.24, 2.45) is 4.99 Å². The summed E-state index contributed by atoms with van der Waals surface area (Å²) in [6.07, 6.45) is 13.6. The van der Waals surface area contributed by atoms with E-state index in [2.05, 4.69) is 41.0 Å². The normalized spacial score (nSPS) is 18.9. The molecule has 2 aliphatic heterocycles. The number of carbonyl (C=O) groups excluding carboxylic acids is 1. The summed E-state index contributed by atoms with van der Waals surface area (Å²) in [6, 6.07) is 2.00. The number of anilines is 1. The van der Waals surface area contributed by atoms with Crippen LogP contribution in [0.1, 0.15) is 47.8 Å². The van der Waals surface area contributed by atoms with Gasteiger partial charge in [0.2, 0.25) is 0 Å². The summed E-state index contributed by atoms with van der Waals surface area (Å²) in [5, 5.41) is 15.9. The third-order valence-corrected chi connectivity index (χ3v) is 6.39. The number of hydrazine groups is 2. The Hall–Kier alpha value is -3.77. The van der Waals surface area contributed by atoms with Gasteiger partial charge >= 0.3 is 0 Å². The van der Waals surface area contributed by atoms with E-state index in [1.54, 1.807) is 30.1 Å². The van der Waals surface area contributed by atoms with Crippen molar-refractivity contribution in [1.82, 2.24) is 39.9 Å². The molecular formula is C22H26N10O2. The molecule has 176 valence electrons. The van der Waals surface area contributed by atoms with Crippen molar-refractivity contribution in [3.8, 4) is 5.88 Å². The molecule has 2 N–H and O–H groups in total. The number of fused-ring (bicyclic) bond motifs is 1. The van der Waals surface area contributed by atoms with Crippen LogP contribution in [0.2, 0.25) is 0 Å². The van der Waals surface area contributed by atoms with Crippen LogP contribution in [0.15, 0.2) is 35.8 Å². The van der Waals surface area contributed by atoms with E-state index in [9.17, 15) is 4.79 Å². The first-order valence-electron chi connectivity index (χ1n) is 11.5. The average Bonchev–Trinajstić information content (AvgIpc) is 3.57. The van der Waals surface area contributed by atoms with E-state index in [4.69, 9.17) is 4.74 Å². The maximum atomic E-state index is 13.1. The lowest BCUT2D eigenvalue weighted by molar-refractivity contribution is 0.0155. The molecule has 3 aromatic rings. The second-order valence-electron chi connectivity index (χ2n) is 8.54. The highest BCUT2D eigenvalue weighted by Gasteiger charge is 2.24. The summed E-state index contributed by atoms with van der Waals surface area (Å²) in [4.78, 5) is 22.2. The van der Waals surface area contributed by atoms with Gasteiger partial charge in [-0.15, -0.1) is 5.10 Å². The number of aromatic nitrogens is 5. The van der Waals surface area contributed by atoms with Gasteiger partial charge in [0.05, 0.1) is 43.4 Å². The highest BCUT2D eigenvalue weighted by molar-refractivity contribution is 6.03. The largest absolute Gasteiger partial charge is 0.478 e. The summed E-state index contributed by atoms with van der Waals surface area (Å²) >= 11 is 0. The molecule has 12 heteroatoms. The zero-order valence-electron chi connectivity index (χ0n) is 18.9. The fourth-order valence-electron chi connectivity index (χ4n) is 4.30. The van der Waals surface area contributed by atoms with E-state index in [0.29, 0.717) is 29.8 Å². The third-order valence-electron chi connectivity index (χ3n) is 6.39. The highest BCUT2D eigenvalue weighted by Crippen LogP contribution is 2.34. The molecule has 1 saturated heterocycles. The molecule has 0 bridgehead atoms. The average molecular weight is 463 g/mol. The number of carbonyl (C=O) groups is 1. The Morgan fingerprint density at radius 3 is 2.97 bits per heavy atom. The molecule has 3 aliphatic rings. The Balaban J connectivity index is 1.27. The molecule has 5 heterocycles. The molecule has 0 atom stereocenters. The van der Waals surface area contributed by atoms with Crippen LogP contribution in [-0.2, 0) is 0 Å². The molecule has 1 aliphatic carbocycles. The second-order valence-corrected chi connectivity index (χ2v) is 8.54. The number of hydrogen-bond donors (Lipinski definition) is 2. The van der Waals surface area contributed by atoms with Gasteiger partial charge in [0.15, 0.2) is 5.65 Å². The Kier molecular flexibility index (Phi) is 5.23. The van der Waals surface area contributed by atoms with Crippen molar-refractivity contribution < 1.29 is 9.53 Å². The summed E-state index contributed by atoms with van der Waals surface area (Å²) in [5.74, 6) is 0.0498. The van der Waals surface area contributed by atoms with E-state index in [-0.39, 0.29) is 11.6 Å². The minimum atomic E-state index is -0.342. The van der Waals surface area contributed by atoms with E-state index in [0.717, 1.165) is 43.6 Å². The first-order valence-corrected chi connectivity index (χ1v) is 11.5. The van der Waals surface area contributed by atoms with Gasteiger partial charge in [0, 0.05) is 31.7 Å². The van der Waals surface area contributed by atoms with Gasteiger partial charge in [0.25, 0.3) is 11.8 Å². The number of amides is 1. The van der Waals surface area contributed by atoms with Crippen LogP contribution in [0.5, 0.6) is 5.88 Å². The number of rotatable bonds is 6. The molecular weight excluding hydrogens is 436 g/mol. The maximum Gasteiger partial charge on any atom is 0.274 e. The number of methoxy groups -OCH3 is 1. The van der Waals surface area contributed by atoms with Crippen molar-refractivity contribution in [1.29, 1.82) is 0 Å². The fraction of sp³-hybridized carbons (Fsp3) is 0.409. The molecule has 1 saturated carbocycles. The van der Waals surface area contributed by atoms with E-state index in [1.165, 1.54) is 6.42 Å². The fourth-order valence-corrected chi connectivity index (χ4v) is 4.30. The SMILES string of the molecule is COc1nn(C2CCC2)cc1NC(=O)c1ccn2ncc(C3=CN(N4CCCN4)CC=N3)c2n1. The molecule has 12 nitrogen and oxygen atoms in total. The predicted molar refractivity (Wildman–Crippen MR) is 125 cm³/mol. The van der Waals surface area contributed by atoms with Crippen LogP contribution >= 0.6 is 0 Å². The van der Waals surface area contributed by atoms with Crippen molar-refractivity contribution in [2.75, 3.05) is 32.1 Å². The maximum absolute atomic E-state index is 13.1. The van der Waals surface area contributed by atoms with Crippen LogP contribution in [0.3, 0.4) is 0 Å². The monoisotopic (exact) mass is 462 g/mol. The van der Waals surface area contributed by atoms with E-state index < -0.39 is 0 Å². The zero-order chi connectivity index (χ0) is 23.1. The molecule has 2 fully saturated rings. The van der Waals surface area contributed by atoms with Crippen LogP contribution in [0.4, 0.5) is 5.69 Å². The minimum Gasteiger partial charge on any atom is -0.478 e. The smallest absolute Gasteiger partial charge is 0.274 e. The van der Waals surface area contributed by atoms with Gasteiger partial charge in [-0.1, -0.05) is 0 Å². The summed E-state index contributed by atoms with van der Waals surface area (Å²) in [7, 11) is 1.55. The number of ether oxygens (including phenoxy) is 1. The van der Waals surface area contributed by atoms with Crippen LogP contribution in [-0.4, -0.2) is 73.4 Å². The Morgan fingerprint density at radius 2 is 2.21 bits per heavy atom. The Bertz CT molecular complexity index is 1280. The summed E-state index contributed by atoms with van der Waals surface area (Å²) in [5.41, 5.74) is 6.20. The molecule has 0 aromatic carbocycles. The molecule has 6 rings (SSSR count). The molecule has 0 radical (unpaired) electrons. The lowest BCUT2D eigenvalue weighted by atomic mass is 9.93. The van der Waals surface area contributed by atoms with Crippen molar-refractivity contribution in [2.45, 2.75) is 31.7 Å². The van der Waals surface area contributed by atoms with Gasteiger partial charge in [-0.25, -0.2) is 14.9 Å². The van der Waals surface area contributed by atoms with Crippen molar-refractivity contribution >= 4 is 29.2 Å². The predicted octanol–water partition coefficient (Wildman–Crippen LogP) is 1.72. The second kappa shape index (κ2) is 8.54. The zero-order valence-corrected chi connectivity index (χ0v) is 18.9. The number of nitrogens with one attached hydrogen (secondary N) is 2. The third kappa shape index (κ3) is 3.70. The van der Waals surface area contributed by atoms with Gasteiger partial charge in [-0.3, -0.25) is 19.5 Å².